The van der Waals surface area contributed by atoms with E-state index in [9.17, 15) is 14.7 Å². The van der Waals surface area contributed by atoms with Gasteiger partial charge in [0.2, 0.25) is 5.91 Å². The summed E-state index contributed by atoms with van der Waals surface area (Å²) in [6.07, 6.45) is 0.591. The minimum absolute atomic E-state index is 0.117. The number of benzene rings is 1. The maximum atomic E-state index is 12.3. The van der Waals surface area contributed by atoms with Crippen LogP contribution in [0.25, 0.3) is 11.3 Å². The maximum Gasteiger partial charge on any atom is 0.311 e. The van der Waals surface area contributed by atoms with E-state index < -0.39 is 11.4 Å². The van der Waals surface area contributed by atoms with Gasteiger partial charge in [0, 0.05) is 24.7 Å². The van der Waals surface area contributed by atoms with Gasteiger partial charge >= 0.3 is 5.97 Å². The Bertz CT molecular complexity index is 725. The van der Waals surface area contributed by atoms with Crippen LogP contribution in [-0.4, -0.2) is 40.1 Å². The summed E-state index contributed by atoms with van der Waals surface area (Å²) in [4.78, 5) is 25.2. The number of aromatic nitrogens is 1. The minimum atomic E-state index is -0.861. The molecule has 6 nitrogen and oxygen atoms in total. The Kier molecular flexibility index (Phi) is 3.90. The van der Waals surface area contributed by atoms with E-state index in [1.165, 1.54) is 0 Å². The zero-order valence-electron chi connectivity index (χ0n) is 12.9. The van der Waals surface area contributed by atoms with Crippen LogP contribution in [0.3, 0.4) is 0 Å². The van der Waals surface area contributed by atoms with E-state index >= 15 is 0 Å². The van der Waals surface area contributed by atoms with Crippen molar-refractivity contribution in [2.24, 2.45) is 5.41 Å². The molecule has 2 aromatic rings. The smallest absolute Gasteiger partial charge is 0.311 e. The Balaban J connectivity index is 1.66. The van der Waals surface area contributed by atoms with Gasteiger partial charge in [0.05, 0.1) is 17.5 Å². The lowest BCUT2D eigenvalue weighted by Gasteiger charge is -2.19. The highest BCUT2D eigenvalue weighted by atomic mass is 16.5. The summed E-state index contributed by atoms with van der Waals surface area (Å²) in [5.41, 5.74) is 0.602. The van der Waals surface area contributed by atoms with Gasteiger partial charge in [0.15, 0.2) is 5.76 Å². The summed E-state index contributed by atoms with van der Waals surface area (Å²) in [6, 6.07) is 11.3. The van der Waals surface area contributed by atoms with Crippen molar-refractivity contribution in [2.75, 3.05) is 13.1 Å². The molecule has 6 heteroatoms. The van der Waals surface area contributed by atoms with Crippen LogP contribution in [0, 0.1) is 5.41 Å². The number of carbonyl (C=O) groups is 2. The van der Waals surface area contributed by atoms with Gasteiger partial charge in [-0.05, 0) is 13.3 Å². The van der Waals surface area contributed by atoms with E-state index in [2.05, 4.69) is 5.16 Å². The highest BCUT2D eigenvalue weighted by Gasteiger charge is 2.42. The van der Waals surface area contributed by atoms with E-state index in [1.807, 2.05) is 30.3 Å². The quantitative estimate of drug-likeness (QED) is 0.935. The average molecular weight is 314 g/mol. The number of amides is 1. The van der Waals surface area contributed by atoms with Gasteiger partial charge in [-0.25, -0.2) is 0 Å². The van der Waals surface area contributed by atoms with Crippen molar-refractivity contribution < 1.29 is 19.2 Å². The topological polar surface area (TPSA) is 83.6 Å². The maximum absolute atomic E-state index is 12.3. The minimum Gasteiger partial charge on any atom is -0.481 e. The predicted octanol–water partition coefficient (Wildman–Crippen LogP) is 2.21. The largest absolute Gasteiger partial charge is 0.481 e. The molecule has 1 aliphatic heterocycles. The molecule has 0 saturated carbocycles. The second-order valence-corrected chi connectivity index (χ2v) is 6.16. The summed E-state index contributed by atoms with van der Waals surface area (Å²) in [5, 5.41) is 13.2. The lowest BCUT2D eigenvalue weighted by Crippen LogP contribution is -2.35. The number of carbonyl (C=O) groups excluding carboxylic acids is 1. The molecule has 1 aromatic heterocycles. The Hall–Kier alpha value is -2.63. The van der Waals surface area contributed by atoms with Crippen LogP contribution in [0.15, 0.2) is 40.9 Å². The summed E-state index contributed by atoms with van der Waals surface area (Å²) >= 11 is 0. The fourth-order valence-corrected chi connectivity index (χ4v) is 2.75. The molecular weight excluding hydrogens is 296 g/mol. The molecule has 0 aliphatic carbocycles. The highest BCUT2D eigenvalue weighted by molar-refractivity contribution is 5.81. The SMILES string of the molecule is CC1(C(=O)O)CCN(C(=O)Cc2cc(-c3ccccc3)on2)C1. The van der Waals surface area contributed by atoms with Gasteiger partial charge in [-0.15, -0.1) is 0 Å². The number of rotatable bonds is 4. The fraction of sp³-hybridized carbons (Fsp3) is 0.353. The van der Waals surface area contributed by atoms with Crippen LogP contribution < -0.4 is 0 Å². The van der Waals surface area contributed by atoms with E-state index in [-0.39, 0.29) is 18.9 Å². The molecule has 1 fully saturated rings. The first kappa shape index (κ1) is 15.3. The number of likely N-dealkylation sites (tertiary alicyclic amines) is 1. The van der Waals surface area contributed by atoms with Gasteiger partial charge in [-0.1, -0.05) is 35.5 Å². The molecule has 3 rings (SSSR count). The molecular formula is C17H18N2O4. The Labute approximate surface area is 133 Å². The zero-order valence-corrected chi connectivity index (χ0v) is 12.9. The number of hydrogen-bond acceptors (Lipinski definition) is 4. The monoisotopic (exact) mass is 314 g/mol. The number of nitrogens with zero attached hydrogens (tertiary/aromatic N) is 2. The molecule has 0 bridgehead atoms. The molecule has 2 heterocycles. The van der Waals surface area contributed by atoms with Crippen LogP contribution in [0.2, 0.25) is 0 Å². The van der Waals surface area contributed by atoms with Crippen molar-refractivity contribution in [3.8, 4) is 11.3 Å². The van der Waals surface area contributed by atoms with Crippen LogP contribution in [0.4, 0.5) is 0 Å². The predicted molar refractivity (Wildman–Crippen MR) is 82.6 cm³/mol. The Morgan fingerprint density at radius 3 is 2.74 bits per heavy atom. The first-order chi connectivity index (χ1) is 11.0. The molecule has 0 radical (unpaired) electrons. The normalized spacial score (nSPS) is 20.7. The molecule has 23 heavy (non-hydrogen) atoms. The Morgan fingerprint density at radius 2 is 2.09 bits per heavy atom. The van der Waals surface area contributed by atoms with Crippen molar-refractivity contribution in [3.63, 3.8) is 0 Å². The molecule has 1 atom stereocenters. The Morgan fingerprint density at radius 1 is 1.35 bits per heavy atom. The summed E-state index contributed by atoms with van der Waals surface area (Å²) < 4.78 is 5.28. The van der Waals surface area contributed by atoms with E-state index in [0.717, 1.165) is 5.56 Å². The van der Waals surface area contributed by atoms with Crippen LogP contribution >= 0.6 is 0 Å². The van der Waals surface area contributed by atoms with Gasteiger partial charge in [-0.2, -0.15) is 0 Å². The lowest BCUT2D eigenvalue weighted by molar-refractivity contribution is -0.147. The van der Waals surface area contributed by atoms with E-state index in [4.69, 9.17) is 4.52 Å². The molecule has 1 amide bonds. The van der Waals surface area contributed by atoms with E-state index in [0.29, 0.717) is 24.4 Å². The third kappa shape index (κ3) is 3.11. The number of hydrogen-bond donors (Lipinski definition) is 1. The van der Waals surface area contributed by atoms with Crippen LogP contribution in [-0.2, 0) is 16.0 Å². The lowest BCUT2D eigenvalue weighted by atomic mass is 9.90. The molecule has 0 spiro atoms. The summed E-state index contributed by atoms with van der Waals surface area (Å²) in [6.45, 7) is 2.38. The first-order valence-electron chi connectivity index (χ1n) is 7.50. The first-order valence-corrected chi connectivity index (χ1v) is 7.50. The second-order valence-electron chi connectivity index (χ2n) is 6.16. The van der Waals surface area contributed by atoms with Gasteiger partial charge in [0.25, 0.3) is 0 Å². The van der Waals surface area contributed by atoms with Crippen molar-refractivity contribution in [3.05, 3.63) is 42.1 Å². The summed E-state index contributed by atoms with van der Waals surface area (Å²) in [7, 11) is 0. The van der Waals surface area contributed by atoms with Crippen molar-refractivity contribution >= 4 is 11.9 Å². The van der Waals surface area contributed by atoms with Crippen molar-refractivity contribution in [1.29, 1.82) is 0 Å². The molecule has 1 N–H and O–H groups in total. The highest BCUT2D eigenvalue weighted by Crippen LogP contribution is 2.30. The summed E-state index contributed by atoms with van der Waals surface area (Å²) in [5.74, 6) is -0.367. The third-order valence-electron chi connectivity index (χ3n) is 4.29. The molecule has 1 unspecified atom stereocenters. The van der Waals surface area contributed by atoms with Gasteiger partial charge in [-0.3, -0.25) is 9.59 Å². The number of carboxylic acid groups (broad SMARTS) is 1. The van der Waals surface area contributed by atoms with Crippen molar-refractivity contribution in [2.45, 2.75) is 19.8 Å². The fourth-order valence-electron chi connectivity index (χ4n) is 2.75. The zero-order chi connectivity index (χ0) is 16.4. The standard InChI is InChI=1S/C17H18N2O4/c1-17(16(21)22)7-8-19(11-17)15(20)10-13-9-14(23-18-13)12-5-3-2-4-6-12/h2-6,9H,7-8,10-11H2,1H3,(H,21,22). The van der Waals surface area contributed by atoms with Crippen LogP contribution in [0.1, 0.15) is 19.0 Å². The van der Waals surface area contributed by atoms with Crippen LogP contribution in [0.5, 0.6) is 0 Å². The second kappa shape index (κ2) is 5.87. The molecule has 1 aliphatic rings. The molecule has 1 aromatic carbocycles. The van der Waals surface area contributed by atoms with Crippen molar-refractivity contribution in [1.82, 2.24) is 10.1 Å². The van der Waals surface area contributed by atoms with Gasteiger partial charge in [0.1, 0.15) is 0 Å². The van der Waals surface area contributed by atoms with E-state index in [1.54, 1.807) is 17.9 Å². The third-order valence-corrected chi connectivity index (χ3v) is 4.29. The molecule has 1 saturated heterocycles. The number of aliphatic carboxylic acids is 1. The van der Waals surface area contributed by atoms with Gasteiger partial charge < -0.3 is 14.5 Å². The average Bonchev–Trinajstić information content (AvgIpc) is 3.16. The number of carboxylic acids is 1. The molecule has 120 valence electrons.